The van der Waals surface area contributed by atoms with Crippen LogP contribution in [-0.2, 0) is 9.53 Å². The lowest BCUT2D eigenvalue weighted by Crippen LogP contribution is -2.03. The maximum atomic E-state index is 10.9. The molecule has 1 aliphatic rings. The van der Waals surface area contributed by atoms with Crippen molar-refractivity contribution in [3.05, 3.63) is 12.2 Å². The molecule has 0 spiro atoms. The van der Waals surface area contributed by atoms with Crippen molar-refractivity contribution < 1.29 is 9.53 Å². The molecule has 0 aliphatic heterocycles. The molecule has 2 heteroatoms. The summed E-state index contributed by atoms with van der Waals surface area (Å²) in [5, 5.41) is 0. The molecule has 1 saturated carbocycles. The van der Waals surface area contributed by atoms with E-state index in [2.05, 4.69) is 6.92 Å². The lowest BCUT2D eigenvalue weighted by atomic mass is 10.3. The third-order valence-electron chi connectivity index (χ3n) is 1.87. The summed E-state index contributed by atoms with van der Waals surface area (Å²) in [6.45, 7) is 2.70. The van der Waals surface area contributed by atoms with Crippen LogP contribution < -0.4 is 0 Å². The van der Waals surface area contributed by atoms with Crippen molar-refractivity contribution in [1.29, 1.82) is 0 Å². The van der Waals surface area contributed by atoms with Gasteiger partial charge in [-0.1, -0.05) is 19.4 Å². The summed E-state index contributed by atoms with van der Waals surface area (Å²) in [5.41, 5.74) is 0. The first-order valence-electron chi connectivity index (χ1n) is 4.66. The summed E-state index contributed by atoms with van der Waals surface area (Å²) in [6.07, 6.45) is 7.89. The molecule has 1 fully saturated rings. The molecule has 12 heavy (non-hydrogen) atoms. The molecule has 0 aromatic carbocycles. The molecule has 0 aromatic rings. The van der Waals surface area contributed by atoms with Crippen LogP contribution in [0.15, 0.2) is 12.2 Å². The number of hydrogen-bond donors (Lipinski definition) is 0. The Morgan fingerprint density at radius 2 is 2.33 bits per heavy atom. The van der Waals surface area contributed by atoms with Crippen LogP contribution in [0.3, 0.4) is 0 Å². The van der Waals surface area contributed by atoms with Crippen molar-refractivity contribution in [3.63, 3.8) is 0 Å². The quantitative estimate of drug-likeness (QED) is 0.465. The van der Waals surface area contributed by atoms with Gasteiger partial charge in [-0.05, 0) is 25.2 Å². The van der Waals surface area contributed by atoms with Crippen LogP contribution >= 0.6 is 0 Å². The highest BCUT2D eigenvalue weighted by Gasteiger charge is 2.22. The predicted molar refractivity (Wildman–Crippen MR) is 47.7 cm³/mol. The van der Waals surface area contributed by atoms with Crippen LogP contribution in [0.25, 0.3) is 0 Å². The highest BCUT2D eigenvalue weighted by Crippen LogP contribution is 2.28. The monoisotopic (exact) mass is 168 g/mol. The Labute approximate surface area is 73.6 Å². The molecule has 2 nitrogen and oxygen atoms in total. The molecule has 0 heterocycles. The largest absolute Gasteiger partial charge is 0.462 e. The minimum atomic E-state index is -0.185. The molecule has 1 rings (SSSR count). The fourth-order valence-electron chi connectivity index (χ4n) is 0.879. The number of esters is 1. The van der Waals surface area contributed by atoms with E-state index >= 15 is 0 Å². The number of unbranched alkanes of at least 4 members (excludes halogenated alkanes) is 1. The summed E-state index contributed by atoms with van der Waals surface area (Å²) in [5.74, 6) is 0.476. The molecule has 1 aliphatic carbocycles. The van der Waals surface area contributed by atoms with Gasteiger partial charge < -0.3 is 4.74 Å². The molecular weight excluding hydrogens is 152 g/mol. The molecule has 0 bridgehead atoms. The van der Waals surface area contributed by atoms with Crippen LogP contribution in [0, 0.1) is 5.92 Å². The number of ether oxygens (including phenoxy) is 1. The Kier molecular flexibility index (Phi) is 3.85. The summed E-state index contributed by atoms with van der Waals surface area (Å²) in [6, 6.07) is 0. The average Bonchev–Trinajstić information content (AvgIpc) is 2.84. The van der Waals surface area contributed by atoms with Gasteiger partial charge in [0.1, 0.15) is 0 Å². The summed E-state index contributed by atoms with van der Waals surface area (Å²) >= 11 is 0. The lowest BCUT2D eigenvalue weighted by Gasteiger charge is -1.97. The summed E-state index contributed by atoms with van der Waals surface area (Å²) in [4.78, 5) is 10.9. The number of carbonyl (C=O) groups excluding carboxylic acids is 1. The van der Waals surface area contributed by atoms with Gasteiger partial charge in [0.15, 0.2) is 0 Å². The molecule has 0 radical (unpaired) electrons. The van der Waals surface area contributed by atoms with Gasteiger partial charge in [-0.3, -0.25) is 0 Å². The van der Waals surface area contributed by atoms with E-state index in [9.17, 15) is 4.79 Å². The molecule has 0 amide bonds. The number of carbonyl (C=O) groups is 1. The topological polar surface area (TPSA) is 26.3 Å². The van der Waals surface area contributed by atoms with Crippen LogP contribution in [0.1, 0.15) is 32.6 Å². The fraction of sp³-hybridized carbons (Fsp3) is 0.700. The molecule has 0 aromatic heterocycles. The second kappa shape index (κ2) is 4.96. The molecular formula is C10H16O2. The zero-order valence-electron chi connectivity index (χ0n) is 7.58. The standard InChI is InChI=1S/C10H16O2/c1-2-3-4-5-10(11)12-8-9-6-7-9/h4-5,9H,2-3,6-8H2,1H3/b5-4+. The van der Waals surface area contributed by atoms with E-state index in [0.717, 1.165) is 12.8 Å². The molecule has 68 valence electrons. The van der Waals surface area contributed by atoms with Gasteiger partial charge in [0.2, 0.25) is 0 Å². The Balaban J connectivity index is 2.01. The Morgan fingerprint density at radius 1 is 1.58 bits per heavy atom. The van der Waals surface area contributed by atoms with Gasteiger partial charge in [-0.25, -0.2) is 4.79 Å². The van der Waals surface area contributed by atoms with E-state index in [1.165, 1.54) is 18.9 Å². The zero-order chi connectivity index (χ0) is 8.81. The third kappa shape index (κ3) is 4.16. The van der Waals surface area contributed by atoms with Gasteiger partial charge >= 0.3 is 5.97 Å². The van der Waals surface area contributed by atoms with Crippen LogP contribution in [-0.4, -0.2) is 12.6 Å². The second-order valence-electron chi connectivity index (χ2n) is 3.26. The van der Waals surface area contributed by atoms with Gasteiger partial charge in [0, 0.05) is 6.08 Å². The van der Waals surface area contributed by atoms with E-state index in [0.29, 0.717) is 12.5 Å². The van der Waals surface area contributed by atoms with Crippen molar-refractivity contribution in [2.45, 2.75) is 32.6 Å². The van der Waals surface area contributed by atoms with Gasteiger partial charge in [-0.2, -0.15) is 0 Å². The number of rotatable bonds is 5. The first-order valence-corrected chi connectivity index (χ1v) is 4.66. The predicted octanol–water partition coefficient (Wildman–Crippen LogP) is 2.30. The van der Waals surface area contributed by atoms with Crippen molar-refractivity contribution in [2.75, 3.05) is 6.61 Å². The SMILES string of the molecule is CCC/C=C/C(=O)OCC1CC1. The van der Waals surface area contributed by atoms with Gasteiger partial charge in [-0.15, -0.1) is 0 Å². The van der Waals surface area contributed by atoms with Crippen molar-refractivity contribution in [2.24, 2.45) is 5.92 Å². The first-order chi connectivity index (χ1) is 5.83. The van der Waals surface area contributed by atoms with Crippen LogP contribution in [0.5, 0.6) is 0 Å². The van der Waals surface area contributed by atoms with Crippen molar-refractivity contribution in [3.8, 4) is 0 Å². The number of allylic oxidation sites excluding steroid dienone is 1. The van der Waals surface area contributed by atoms with E-state index in [1.807, 2.05) is 6.08 Å². The van der Waals surface area contributed by atoms with E-state index < -0.39 is 0 Å². The van der Waals surface area contributed by atoms with Crippen molar-refractivity contribution >= 4 is 5.97 Å². The molecule has 0 saturated heterocycles. The van der Waals surface area contributed by atoms with E-state index in [4.69, 9.17) is 4.74 Å². The molecule has 0 N–H and O–H groups in total. The normalized spacial score (nSPS) is 16.8. The van der Waals surface area contributed by atoms with Crippen LogP contribution in [0.2, 0.25) is 0 Å². The van der Waals surface area contributed by atoms with E-state index in [-0.39, 0.29) is 5.97 Å². The Morgan fingerprint density at radius 3 is 2.92 bits per heavy atom. The fourth-order valence-corrected chi connectivity index (χ4v) is 0.879. The van der Waals surface area contributed by atoms with Gasteiger partial charge in [0.05, 0.1) is 6.61 Å². The Bertz CT molecular complexity index is 169. The van der Waals surface area contributed by atoms with E-state index in [1.54, 1.807) is 0 Å². The summed E-state index contributed by atoms with van der Waals surface area (Å²) < 4.78 is 4.99. The molecule has 0 unspecified atom stereocenters. The maximum Gasteiger partial charge on any atom is 0.330 e. The maximum absolute atomic E-state index is 10.9. The first kappa shape index (κ1) is 9.30. The second-order valence-corrected chi connectivity index (χ2v) is 3.26. The van der Waals surface area contributed by atoms with Gasteiger partial charge in [0.25, 0.3) is 0 Å². The third-order valence-corrected chi connectivity index (χ3v) is 1.87. The lowest BCUT2D eigenvalue weighted by molar-refractivity contribution is -0.138. The zero-order valence-corrected chi connectivity index (χ0v) is 7.58. The minimum absolute atomic E-state index is 0.185. The minimum Gasteiger partial charge on any atom is -0.462 e. The van der Waals surface area contributed by atoms with Crippen LogP contribution in [0.4, 0.5) is 0 Å². The number of hydrogen-bond acceptors (Lipinski definition) is 2. The average molecular weight is 168 g/mol. The smallest absolute Gasteiger partial charge is 0.330 e. The van der Waals surface area contributed by atoms with Crippen molar-refractivity contribution in [1.82, 2.24) is 0 Å². The molecule has 0 atom stereocenters. The summed E-state index contributed by atoms with van der Waals surface area (Å²) in [7, 11) is 0. The Hall–Kier alpha value is -0.790. The highest BCUT2D eigenvalue weighted by atomic mass is 16.5. The highest BCUT2D eigenvalue weighted by molar-refractivity contribution is 5.81.